The van der Waals surface area contributed by atoms with Gasteiger partial charge in [0.2, 0.25) is 10.3 Å². The Labute approximate surface area is 76.1 Å². The van der Waals surface area contributed by atoms with Crippen molar-refractivity contribution in [3.8, 4) is 0 Å². The van der Waals surface area contributed by atoms with Crippen LogP contribution in [0.5, 0.6) is 0 Å². The van der Waals surface area contributed by atoms with Crippen LogP contribution >= 0.6 is 11.8 Å². The minimum Gasteiger partial charge on any atom is -0.184 e. The standard InChI is InChI=1S/C8H6O2S2/c9-12(10)8-5-11-7-4-2-1-3-6(7)8/h1-4H,5H2. The van der Waals surface area contributed by atoms with Crippen molar-refractivity contribution in [2.75, 3.05) is 5.75 Å². The van der Waals surface area contributed by atoms with Crippen LogP contribution in [0.2, 0.25) is 0 Å². The van der Waals surface area contributed by atoms with Crippen LogP contribution in [-0.2, 0) is 10.3 Å². The highest BCUT2D eigenvalue weighted by Crippen LogP contribution is 2.30. The number of rotatable bonds is 0. The highest BCUT2D eigenvalue weighted by Gasteiger charge is 2.18. The first-order chi connectivity index (χ1) is 5.79. The van der Waals surface area contributed by atoms with Crippen LogP contribution in [0.3, 0.4) is 0 Å². The maximum absolute atomic E-state index is 10.7. The second-order valence-corrected chi connectivity index (χ2v) is 4.42. The van der Waals surface area contributed by atoms with E-state index >= 15 is 0 Å². The van der Waals surface area contributed by atoms with Gasteiger partial charge in [-0.15, -0.1) is 11.8 Å². The molecule has 0 aliphatic carbocycles. The summed E-state index contributed by atoms with van der Waals surface area (Å²) >= 11 is 1.57. The van der Waals surface area contributed by atoms with E-state index in [-0.39, 0.29) is 0 Å². The molecule has 2 rings (SSSR count). The topological polar surface area (TPSA) is 34.1 Å². The van der Waals surface area contributed by atoms with Crippen molar-refractivity contribution in [2.45, 2.75) is 4.90 Å². The van der Waals surface area contributed by atoms with Gasteiger partial charge >= 0.3 is 0 Å². The molecule has 0 N–H and O–H groups in total. The van der Waals surface area contributed by atoms with Gasteiger partial charge in [-0.25, -0.2) is 0 Å². The number of thioether (sulfide) groups is 1. The maximum Gasteiger partial charge on any atom is 0.218 e. The van der Waals surface area contributed by atoms with Gasteiger partial charge in [0.05, 0.1) is 4.86 Å². The van der Waals surface area contributed by atoms with Crippen LogP contribution in [0, 0.1) is 0 Å². The molecule has 12 heavy (non-hydrogen) atoms. The van der Waals surface area contributed by atoms with Gasteiger partial charge in [0.1, 0.15) is 0 Å². The molecule has 0 saturated carbocycles. The van der Waals surface area contributed by atoms with E-state index in [4.69, 9.17) is 0 Å². The number of hydrogen-bond acceptors (Lipinski definition) is 3. The van der Waals surface area contributed by atoms with E-state index in [1.54, 1.807) is 11.8 Å². The van der Waals surface area contributed by atoms with E-state index < -0.39 is 10.3 Å². The quantitative estimate of drug-likeness (QED) is 0.587. The van der Waals surface area contributed by atoms with Crippen molar-refractivity contribution >= 4 is 26.9 Å². The molecule has 0 atom stereocenters. The Kier molecular flexibility index (Phi) is 1.94. The smallest absolute Gasteiger partial charge is 0.184 e. The van der Waals surface area contributed by atoms with E-state index in [0.717, 1.165) is 10.5 Å². The summed E-state index contributed by atoms with van der Waals surface area (Å²) in [5.74, 6) is 0.579. The summed E-state index contributed by atoms with van der Waals surface area (Å²) in [6.45, 7) is 0. The number of fused-ring (bicyclic) bond motifs is 1. The number of hydrogen-bond donors (Lipinski definition) is 0. The van der Waals surface area contributed by atoms with E-state index in [0.29, 0.717) is 10.6 Å². The summed E-state index contributed by atoms with van der Waals surface area (Å²) < 4.78 is 21.4. The van der Waals surface area contributed by atoms with E-state index in [1.807, 2.05) is 24.3 Å². The molecule has 0 radical (unpaired) electrons. The molecule has 0 fully saturated rings. The zero-order valence-corrected chi connectivity index (χ0v) is 7.78. The summed E-state index contributed by atoms with van der Waals surface area (Å²) in [4.78, 5) is 1.59. The van der Waals surface area contributed by atoms with Gasteiger partial charge in [-0.2, -0.15) is 8.42 Å². The predicted molar refractivity (Wildman–Crippen MR) is 50.2 cm³/mol. The Bertz CT molecular complexity index is 438. The van der Waals surface area contributed by atoms with Gasteiger partial charge in [-0.05, 0) is 6.07 Å². The van der Waals surface area contributed by atoms with E-state index in [1.165, 1.54) is 0 Å². The van der Waals surface area contributed by atoms with Crippen LogP contribution < -0.4 is 0 Å². The molecule has 0 amide bonds. The first-order valence-corrected chi connectivity index (χ1v) is 5.52. The summed E-state index contributed by atoms with van der Waals surface area (Å²) in [6.07, 6.45) is 0. The third kappa shape index (κ3) is 1.17. The molecule has 1 aliphatic heterocycles. The fourth-order valence-corrected chi connectivity index (χ4v) is 3.13. The lowest BCUT2D eigenvalue weighted by atomic mass is 10.2. The highest BCUT2D eigenvalue weighted by atomic mass is 32.2. The molecule has 2 nitrogen and oxygen atoms in total. The molecule has 1 aromatic rings. The predicted octanol–water partition coefficient (Wildman–Crippen LogP) is 1.19. The van der Waals surface area contributed by atoms with Gasteiger partial charge in [0.25, 0.3) is 0 Å². The normalized spacial score (nSPS) is 14.5. The summed E-state index contributed by atoms with van der Waals surface area (Å²) in [5.41, 5.74) is 0.871. The second kappa shape index (κ2) is 2.95. The fourth-order valence-electron chi connectivity index (χ4n) is 1.18. The minimum absolute atomic E-state index is 0.524. The molecule has 62 valence electrons. The molecular formula is C8H6O2S2. The molecule has 1 heterocycles. The molecule has 0 saturated heterocycles. The van der Waals surface area contributed by atoms with Crippen LogP contribution in [0.1, 0.15) is 5.56 Å². The van der Waals surface area contributed by atoms with E-state index in [9.17, 15) is 8.42 Å². The van der Waals surface area contributed by atoms with Crippen molar-refractivity contribution < 1.29 is 8.42 Å². The molecule has 1 aliphatic rings. The first-order valence-electron chi connectivity index (χ1n) is 3.46. The summed E-state index contributed by atoms with van der Waals surface area (Å²) in [5, 5.41) is 0. The van der Waals surface area contributed by atoms with Gasteiger partial charge < -0.3 is 0 Å². The molecule has 0 bridgehead atoms. The second-order valence-electron chi connectivity index (χ2n) is 2.44. The van der Waals surface area contributed by atoms with Crippen molar-refractivity contribution in [2.24, 2.45) is 0 Å². The Morgan fingerprint density at radius 1 is 1.25 bits per heavy atom. The molecule has 0 unspecified atom stereocenters. The Morgan fingerprint density at radius 2 is 2.00 bits per heavy atom. The molecule has 0 spiro atoms. The van der Waals surface area contributed by atoms with Gasteiger partial charge in [0, 0.05) is 16.2 Å². The Hall–Kier alpha value is -0.740. The van der Waals surface area contributed by atoms with Crippen molar-refractivity contribution in [3.05, 3.63) is 29.8 Å². The van der Waals surface area contributed by atoms with Crippen LogP contribution in [0.4, 0.5) is 0 Å². The average Bonchev–Trinajstić information content (AvgIpc) is 2.47. The summed E-state index contributed by atoms with van der Waals surface area (Å²) in [6, 6.07) is 7.57. The molecule has 0 aromatic heterocycles. The van der Waals surface area contributed by atoms with Crippen molar-refractivity contribution in [1.82, 2.24) is 0 Å². The third-order valence-corrected chi connectivity index (χ3v) is 3.80. The highest BCUT2D eigenvalue weighted by molar-refractivity contribution is 8.01. The Morgan fingerprint density at radius 3 is 2.75 bits per heavy atom. The van der Waals surface area contributed by atoms with Crippen LogP contribution in [0.25, 0.3) is 0 Å². The van der Waals surface area contributed by atoms with Crippen LogP contribution in [-0.4, -0.2) is 19.0 Å². The first kappa shape index (κ1) is 7.89. The zero-order chi connectivity index (χ0) is 8.55. The minimum atomic E-state index is -2.06. The third-order valence-electron chi connectivity index (χ3n) is 1.75. The lowest BCUT2D eigenvalue weighted by Gasteiger charge is -1.92. The molecular weight excluding hydrogens is 192 g/mol. The van der Waals surface area contributed by atoms with Gasteiger partial charge in [-0.3, -0.25) is 0 Å². The summed E-state index contributed by atoms with van der Waals surface area (Å²) in [7, 11) is -2.06. The largest absolute Gasteiger partial charge is 0.218 e. The monoisotopic (exact) mass is 198 g/mol. The molecule has 4 heteroatoms. The lowest BCUT2D eigenvalue weighted by Crippen LogP contribution is -1.98. The maximum atomic E-state index is 10.7. The lowest BCUT2D eigenvalue weighted by molar-refractivity contribution is 0.627. The molecule has 1 aromatic carbocycles. The SMILES string of the molecule is O=S(=O)=C1CSc2ccccc21. The van der Waals surface area contributed by atoms with E-state index in [2.05, 4.69) is 0 Å². The van der Waals surface area contributed by atoms with Gasteiger partial charge in [0.15, 0.2) is 0 Å². The number of benzene rings is 1. The van der Waals surface area contributed by atoms with Gasteiger partial charge in [-0.1, -0.05) is 18.2 Å². The zero-order valence-electron chi connectivity index (χ0n) is 6.15. The Balaban J connectivity index is 2.73. The average molecular weight is 198 g/mol. The van der Waals surface area contributed by atoms with Crippen molar-refractivity contribution in [1.29, 1.82) is 0 Å². The fraction of sp³-hybridized carbons (Fsp3) is 0.125. The van der Waals surface area contributed by atoms with Crippen molar-refractivity contribution in [3.63, 3.8) is 0 Å². The van der Waals surface area contributed by atoms with Crippen LogP contribution in [0.15, 0.2) is 29.2 Å².